The Labute approximate surface area is 112 Å². The zero-order valence-electron chi connectivity index (χ0n) is 11.3. The van der Waals surface area contributed by atoms with Gasteiger partial charge in [0.1, 0.15) is 0 Å². The van der Waals surface area contributed by atoms with Crippen molar-refractivity contribution in [2.24, 2.45) is 17.6 Å². The number of rotatable bonds is 5. The van der Waals surface area contributed by atoms with Gasteiger partial charge in [-0.25, -0.2) is 0 Å². The van der Waals surface area contributed by atoms with E-state index in [4.69, 9.17) is 5.73 Å². The molecule has 0 bridgehead atoms. The maximum absolute atomic E-state index is 12.0. The fourth-order valence-electron chi connectivity index (χ4n) is 1.85. The average Bonchev–Trinajstić information content (AvgIpc) is 2.28. The summed E-state index contributed by atoms with van der Waals surface area (Å²) < 4.78 is 0. The van der Waals surface area contributed by atoms with Crippen molar-refractivity contribution >= 4 is 17.3 Å². The number of carbonyl (C=O) groups excluding carboxylic acids is 1. The molecule has 0 aliphatic rings. The molecule has 0 aliphatic carbocycles. The molecular weight excluding hydrogens is 246 g/mol. The van der Waals surface area contributed by atoms with E-state index in [-0.39, 0.29) is 30.0 Å². The lowest BCUT2D eigenvalue weighted by molar-refractivity contribution is -0.385. The molecule has 104 valence electrons. The van der Waals surface area contributed by atoms with E-state index in [1.807, 2.05) is 13.8 Å². The molecule has 1 amide bonds. The number of nitro benzene ring substituents is 1. The number of anilines is 1. The molecule has 6 nitrogen and oxygen atoms in total. The normalized spacial score (nSPS) is 12.3. The molecule has 0 saturated heterocycles. The van der Waals surface area contributed by atoms with E-state index in [0.717, 1.165) is 0 Å². The molecule has 1 rings (SSSR count). The van der Waals surface area contributed by atoms with Gasteiger partial charge in [0.05, 0.1) is 10.8 Å². The van der Waals surface area contributed by atoms with Crippen LogP contribution in [0.15, 0.2) is 18.2 Å². The van der Waals surface area contributed by atoms with E-state index in [1.54, 1.807) is 13.0 Å². The zero-order chi connectivity index (χ0) is 14.6. The fourth-order valence-corrected chi connectivity index (χ4v) is 1.85. The van der Waals surface area contributed by atoms with Gasteiger partial charge in [-0.3, -0.25) is 14.9 Å². The second-order valence-corrected chi connectivity index (χ2v) is 4.83. The molecule has 0 aromatic heterocycles. The quantitative estimate of drug-likeness (QED) is 0.629. The molecule has 1 atom stereocenters. The number of benzene rings is 1. The Morgan fingerprint density at radius 1 is 1.47 bits per heavy atom. The highest BCUT2D eigenvalue weighted by molar-refractivity contribution is 5.93. The molecule has 1 aromatic carbocycles. The number of hydrogen-bond donors (Lipinski definition) is 2. The van der Waals surface area contributed by atoms with E-state index in [2.05, 4.69) is 5.32 Å². The second-order valence-electron chi connectivity index (χ2n) is 4.83. The number of carbonyl (C=O) groups is 1. The third-order valence-electron chi connectivity index (χ3n) is 3.06. The van der Waals surface area contributed by atoms with Crippen LogP contribution in [0.5, 0.6) is 0 Å². The summed E-state index contributed by atoms with van der Waals surface area (Å²) in [4.78, 5) is 22.2. The summed E-state index contributed by atoms with van der Waals surface area (Å²) in [6.07, 6.45) is 0. The van der Waals surface area contributed by atoms with Crippen LogP contribution in [-0.4, -0.2) is 17.4 Å². The third kappa shape index (κ3) is 3.75. The van der Waals surface area contributed by atoms with Gasteiger partial charge < -0.3 is 11.1 Å². The highest BCUT2D eigenvalue weighted by Gasteiger charge is 2.21. The Kier molecular flexibility index (Phi) is 5.00. The van der Waals surface area contributed by atoms with Crippen molar-refractivity contribution in [2.75, 3.05) is 11.9 Å². The highest BCUT2D eigenvalue weighted by atomic mass is 16.6. The number of aryl methyl sites for hydroxylation is 1. The van der Waals surface area contributed by atoms with Crippen LogP contribution in [0.25, 0.3) is 0 Å². The minimum atomic E-state index is -0.447. The third-order valence-corrected chi connectivity index (χ3v) is 3.06. The largest absolute Gasteiger partial charge is 0.330 e. The molecule has 3 N–H and O–H groups in total. The van der Waals surface area contributed by atoms with Crippen molar-refractivity contribution in [3.8, 4) is 0 Å². The van der Waals surface area contributed by atoms with Gasteiger partial charge in [0.2, 0.25) is 5.91 Å². The fraction of sp³-hybridized carbons (Fsp3) is 0.462. The minimum Gasteiger partial charge on any atom is -0.330 e. The van der Waals surface area contributed by atoms with Gasteiger partial charge in [-0.15, -0.1) is 0 Å². The smallest absolute Gasteiger partial charge is 0.272 e. The van der Waals surface area contributed by atoms with Crippen molar-refractivity contribution in [3.05, 3.63) is 33.9 Å². The first-order chi connectivity index (χ1) is 8.86. The minimum absolute atomic E-state index is 0.0391. The lowest BCUT2D eigenvalue weighted by Gasteiger charge is -2.18. The zero-order valence-corrected chi connectivity index (χ0v) is 11.3. The molecule has 19 heavy (non-hydrogen) atoms. The van der Waals surface area contributed by atoms with E-state index >= 15 is 0 Å². The summed E-state index contributed by atoms with van der Waals surface area (Å²) in [6, 6.07) is 4.50. The summed E-state index contributed by atoms with van der Waals surface area (Å²) in [5.41, 5.74) is 6.67. The van der Waals surface area contributed by atoms with Crippen molar-refractivity contribution in [3.63, 3.8) is 0 Å². The molecule has 0 saturated carbocycles. The summed E-state index contributed by atoms with van der Waals surface area (Å²) >= 11 is 0. The first-order valence-electron chi connectivity index (χ1n) is 6.12. The number of amides is 1. The van der Waals surface area contributed by atoms with E-state index in [1.165, 1.54) is 12.1 Å². The predicted molar refractivity (Wildman–Crippen MR) is 73.8 cm³/mol. The van der Waals surface area contributed by atoms with E-state index < -0.39 is 4.92 Å². The lowest BCUT2D eigenvalue weighted by Crippen LogP contribution is -2.33. The summed E-state index contributed by atoms with van der Waals surface area (Å²) in [5.74, 6) is -0.287. The van der Waals surface area contributed by atoms with Crippen LogP contribution >= 0.6 is 0 Å². The van der Waals surface area contributed by atoms with E-state index in [0.29, 0.717) is 11.3 Å². The maximum Gasteiger partial charge on any atom is 0.272 e. The number of nitrogens with zero attached hydrogens (tertiary/aromatic N) is 1. The molecule has 1 unspecified atom stereocenters. The Morgan fingerprint density at radius 3 is 2.53 bits per heavy atom. The Morgan fingerprint density at radius 2 is 2.11 bits per heavy atom. The molecule has 6 heteroatoms. The van der Waals surface area contributed by atoms with Crippen LogP contribution < -0.4 is 11.1 Å². The molecule has 0 fully saturated rings. The second kappa shape index (κ2) is 6.29. The lowest BCUT2D eigenvalue weighted by atomic mass is 9.95. The maximum atomic E-state index is 12.0. The topological polar surface area (TPSA) is 98.3 Å². The SMILES string of the molecule is Cc1cc(NC(=O)C(CN)C(C)C)ccc1[N+](=O)[O-]. The summed E-state index contributed by atoms with van der Waals surface area (Å²) in [6.45, 7) is 5.77. The average molecular weight is 265 g/mol. The number of hydrogen-bond acceptors (Lipinski definition) is 4. The molecule has 0 radical (unpaired) electrons. The molecule has 0 spiro atoms. The highest BCUT2D eigenvalue weighted by Crippen LogP contribution is 2.22. The number of nitrogens with two attached hydrogens (primary N) is 1. The number of nitro groups is 1. The number of nitrogens with one attached hydrogen (secondary N) is 1. The van der Waals surface area contributed by atoms with Gasteiger partial charge >= 0.3 is 0 Å². The van der Waals surface area contributed by atoms with Gasteiger partial charge in [0.25, 0.3) is 5.69 Å². The Hall–Kier alpha value is -1.95. The molecular formula is C13H19N3O3. The standard InChI is InChI=1S/C13H19N3O3/c1-8(2)11(7-14)13(17)15-10-4-5-12(16(18)19)9(3)6-10/h4-6,8,11H,7,14H2,1-3H3,(H,15,17). The van der Waals surface area contributed by atoms with E-state index in [9.17, 15) is 14.9 Å². The van der Waals surface area contributed by atoms with Crippen LogP contribution in [0.2, 0.25) is 0 Å². The first-order valence-corrected chi connectivity index (χ1v) is 6.12. The van der Waals surface area contributed by atoms with Gasteiger partial charge in [-0.2, -0.15) is 0 Å². The Bertz CT molecular complexity index is 486. The van der Waals surface area contributed by atoms with Crippen LogP contribution in [0.4, 0.5) is 11.4 Å². The van der Waals surface area contributed by atoms with Crippen molar-refractivity contribution in [2.45, 2.75) is 20.8 Å². The van der Waals surface area contributed by atoms with Gasteiger partial charge in [-0.05, 0) is 25.0 Å². The molecule has 0 heterocycles. The van der Waals surface area contributed by atoms with Crippen LogP contribution in [-0.2, 0) is 4.79 Å². The predicted octanol–water partition coefficient (Wildman–Crippen LogP) is 2.07. The van der Waals surface area contributed by atoms with Crippen molar-refractivity contribution in [1.29, 1.82) is 0 Å². The first kappa shape index (κ1) is 15.1. The van der Waals surface area contributed by atoms with Gasteiger partial charge in [-0.1, -0.05) is 13.8 Å². The summed E-state index contributed by atoms with van der Waals surface area (Å²) in [7, 11) is 0. The molecule has 1 aromatic rings. The van der Waals surface area contributed by atoms with Gasteiger partial charge in [0, 0.05) is 23.9 Å². The van der Waals surface area contributed by atoms with Gasteiger partial charge in [0.15, 0.2) is 0 Å². The van der Waals surface area contributed by atoms with Crippen LogP contribution in [0.1, 0.15) is 19.4 Å². The van der Waals surface area contributed by atoms with Crippen molar-refractivity contribution < 1.29 is 9.72 Å². The van der Waals surface area contributed by atoms with Crippen LogP contribution in [0.3, 0.4) is 0 Å². The summed E-state index contributed by atoms with van der Waals surface area (Å²) in [5, 5.41) is 13.4. The molecule has 0 aliphatic heterocycles. The Balaban J connectivity index is 2.86. The van der Waals surface area contributed by atoms with Crippen LogP contribution in [0, 0.1) is 28.9 Å². The monoisotopic (exact) mass is 265 g/mol. The van der Waals surface area contributed by atoms with Crippen molar-refractivity contribution in [1.82, 2.24) is 0 Å².